The van der Waals surface area contributed by atoms with Gasteiger partial charge in [-0.15, -0.1) is 0 Å². The number of benzene rings is 1. The average Bonchev–Trinajstić information content (AvgIpc) is 2.55. The SMILES string of the molecule is CC[C@@H](CC(C)O)N1C(=O)C(CC(=O)O)OC[C@H]1c1ccc(Cl)cc1. The van der Waals surface area contributed by atoms with E-state index in [9.17, 15) is 14.7 Å². The van der Waals surface area contributed by atoms with Gasteiger partial charge in [-0.3, -0.25) is 9.59 Å². The molecule has 4 atom stereocenters. The smallest absolute Gasteiger partial charge is 0.306 e. The highest BCUT2D eigenvalue weighted by Gasteiger charge is 2.41. The predicted molar refractivity (Wildman–Crippen MR) is 93.4 cm³/mol. The molecule has 0 radical (unpaired) electrons. The first-order chi connectivity index (χ1) is 11.8. The molecule has 6 nitrogen and oxygen atoms in total. The summed E-state index contributed by atoms with van der Waals surface area (Å²) in [6, 6.07) is 6.63. The Bertz CT molecular complexity index is 604. The summed E-state index contributed by atoms with van der Waals surface area (Å²) in [5.41, 5.74) is 0.871. The molecule has 2 rings (SSSR count). The Morgan fingerprint density at radius 1 is 1.40 bits per heavy atom. The van der Waals surface area contributed by atoms with Crippen LogP contribution in [0.15, 0.2) is 24.3 Å². The second-order valence-corrected chi connectivity index (χ2v) is 6.82. The van der Waals surface area contributed by atoms with Crippen molar-refractivity contribution in [1.29, 1.82) is 0 Å². The molecular formula is C18H24ClNO5. The molecule has 0 aromatic heterocycles. The molecule has 7 heteroatoms. The lowest BCUT2D eigenvalue weighted by molar-refractivity contribution is -0.170. The largest absolute Gasteiger partial charge is 0.481 e. The lowest BCUT2D eigenvalue weighted by Gasteiger charge is -2.44. The molecule has 2 N–H and O–H groups in total. The molecule has 0 aliphatic carbocycles. The number of rotatable bonds is 7. The van der Waals surface area contributed by atoms with Crippen molar-refractivity contribution in [2.24, 2.45) is 0 Å². The van der Waals surface area contributed by atoms with Crippen molar-refractivity contribution >= 4 is 23.5 Å². The van der Waals surface area contributed by atoms with Crippen LogP contribution in [0, 0.1) is 0 Å². The van der Waals surface area contributed by atoms with E-state index < -0.39 is 18.2 Å². The van der Waals surface area contributed by atoms with Crippen LogP contribution in [0.1, 0.15) is 44.7 Å². The number of carboxylic acid groups (broad SMARTS) is 1. The molecular weight excluding hydrogens is 346 g/mol. The van der Waals surface area contributed by atoms with Crippen LogP contribution >= 0.6 is 11.6 Å². The summed E-state index contributed by atoms with van der Waals surface area (Å²) >= 11 is 5.94. The number of amides is 1. The summed E-state index contributed by atoms with van der Waals surface area (Å²) in [6.45, 7) is 3.84. The molecule has 1 amide bonds. The van der Waals surface area contributed by atoms with Crippen LogP contribution in [0.3, 0.4) is 0 Å². The first-order valence-corrected chi connectivity index (χ1v) is 8.80. The first-order valence-electron chi connectivity index (χ1n) is 8.42. The van der Waals surface area contributed by atoms with Gasteiger partial charge in [0.25, 0.3) is 5.91 Å². The van der Waals surface area contributed by atoms with Gasteiger partial charge in [-0.2, -0.15) is 0 Å². The zero-order valence-electron chi connectivity index (χ0n) is 14.4. The van der Waals surface area contributed by atoms with Crippen LogP contribution in [0.25, 0.3) is 0 Å². The molecule has 0 spiro atoms. The zero-order valence-corrected chi connectivity index (χ0v) is 15.1. The molecule has 1 aliphatic heterocycles. The molecule has 1 aliphatic rings. The number of hydrogen-bond donors (Lipinski definition) is 2. The van der Waals surface area contributed by atoms with Gasteiger partial charge in [0.1, 0.15) is 6.10 Å². The Morgan fingerprint density at radius 2 is 2.04 bits per heavy atom. The summed E-state index contributed by atoms with van der Waals surface area (Å²) in [4.78, 5) is 25.6. The van der Waals surface area contributed by atoms with Gasteiger partial charge in [0.15, 0.2) is 0 Å². The van der Waals surface area contributed by atoms with Crippen molar-refractivity contribution in [2.75, 3.05) is 6.61 Å². The monoisotopic (exact) mass is 369 g/mol. The van der Waals surface area contributed by atoms with Crippen molar-refractivity contribution in [1.82, 2.24) is 4.90 Å². The molecule has 0 bridgehead atoms. The van der Waals surface area contributed by atoms with Gasteiger partial charge < -0.3 is 19.8 Å². The minimum atomic E-state index is -1.08. The Kier molecular flexibility index (Phi) is 6.81. The number of aliphatic hydroxyl groups is 1. The van der Waals surface area contributed by atoms with Crippen LogP contribution in [-0.2, 0) is 14.3 Å². The number of halogens is 1. The van der Waals surface area contributed by atoms with E-state index in [1.165, 1.54) is 0 Å². The lowest BCUT2D eigenvalue weighted by Crippen LogP contribution is -2.54. The van der Waals surface area contributed by atoms with E-state index in [1.807, 2.05) is 19.1 Å². The highest BCUT2D eigenvalue weighted by molar-refractivity contribution is 6.30. The number of nitrogens with zero attached hydrogens (tertiary/aromatic N) is 1. The third kappa shape index (κ3) is 4.93. The number of aliphatic carboxylic acids is 1. The maximum Gasteiger partial charge on any atom is 0.306 e. The van der Waals surface area contributed by atoms with E-state index in [2.05, 4.69) is 0 Å². The molecule has 25 heavy (non-hydrogen) atoms. The number of carboxylic acids is 1. The predicted octanol–water partition coefficient (Wildman–Crippen LogP) is 2.63. The quantitative estimate of drug-likeness (QED) is 0.771. The molecule has 2 unspecified atom stereocenters. The summed E-state index contributed by atoms with van der Waals surface area (Å²) in [7, 11) is 0. The van der Waals surface area contributed by atoms with Crippen LogP contribution in [0.4, 0.5) is 0 Å². The zero-order chi connectivity index (χ0) is 18.6. The molecule has 1 saturated heterocycles. The Morgan fingerprint density at radius 3 is 2.56 bits per heavy atom. The Balaban J connectivity index is 2.34. The van der Waals surface area contributed by atoms with Crippen molar-refractivity contribution in [2.45, 2.75) is 57.4 Å². The lowest BCUT2D eigenvalue weighted by atomic mass is 9.96. The van der Waals surface area contributed by atoms with E-state index >= 15 is 0 Å². The second-order valence-electron chi connectivity index (χ2n) is 6.38. The van der Waals surface area contributed by atoms with Crippen LogP contribution < -0.4 is 0 Å². The fourth-order valence-corrected chi connectivity index (χ4v) is 3.36. The van der Waals surface area contributed by atoms with Crippen molar-refractivity contribution in [3.05, 3.63) is 34.9 Å². The van der Waals surface area contributed by atoms with Gasteiger partial charge in [-0.05, 0) is 37.5 Å². The van der Waals surface area contributed by atoms with E-state index in [0.717, 1.165) is 5.56 Å². The summed E-state index contributed by atoms with van der Waals surface area (Å²) in [6.07, 6.45) is -0.853. The maximum atomic E-state index is 12.9. The van der Waals surface area contributed by atoms with Gasteiger partial charge >= 0.3 is 5.97 Å². The molecule has 138 valence electrons. The minimum absolute atomic E-state index is 0.201. The number of carbonyl (C=O) groups excluding carboxylic acids is 1. The molecule has 1 aromatic carbocycles. The highest BCUT2D eigenvalue weighted by atomic mass is 35.5. The summed E-state index contributed by atoms with van der Waals surface area (Å²) in [5, 5.41) is 19.4. The van der Waals surface area contributed by atoms with E-state index in [0.29, 0.717) is 17.9 Å². The standard InChI is InChI=1S/C18H24ClNO5/c1-3-14(8-11(2)21)20-15(12-4-6-13(19)7-5-12)10-25-16(18(20)24)9-17(22)23/h4-7,11,14-16,21H,3,8-10H2,1-2H3,(H,22,23)/t11?,14-,15-,16?/m0/s1. The Labute approximate surface area is 152 Å². The van der Waals surface area contributed by atoms with Crippen LogP contribution in [-0.4, -0.2) is 51.8 Å². The van der Waals surface area contributed by atoms with E-state index in [1.54, 1.807) is 24.0 Å². The summed E-state index contributed by atoms with van der Waals surface area (Å²) in [5.74, 6) is -1.42. The maximum absolute atomic E-state index is 12.9. The first kappa shape index (κ1) is 19.7. The van der Waals surface area contributed by atoms with Crippen LogP contribution in [0.5, 0.6) is 0 Å². The second kappa shape index (κ2) is 8.65. The molecule has 1 heterocycles. The number of hydrogen-bond acceptors (Lipinski definition) is 4. The van der Waals surface area contributed by atoms with Crippen molar-refractivity contribution in [3.63, 3.8) is 0 Å². The molecule has 1 fully saturated rings. The third-order valence-electron chi connectivity index (χ3n) is 4.41. The van der Waals surface area contributed by atoms with Crippen LogP contribution in [0.2, 0.25) is 5.02 Å². The summed E-state index contributed by atoms with van der Waals surface area (Å²) < 4.78 is 5.56. The fraction of sp³-hybridized carbons (Fsp3) is 0.556. The van der Waals surface area contributed by atoms with E-state index in [4.69, 9.17) is 21.4 Å². The minimum Gasteiger partial charge on any atom is -0.481 e. The Hall–Kier alpha value is -1.63. The van der Waals surface area contributed by atoms with Crippen molar-refractivity contribution < 1.29 is 24.5 Å². The highest BCUT2D eigenvalue weighted by Crippen LogP contribution is 2.33. The molecule has 0 saturated carbocycles. The topological polar surface area (TPSA) is 87.1 Å². The van der Waals surface area contributed by atoms with Gasteiger partial charge in [-0.1, -0.05) is 30.7 Å². The normalized spacial score (nSPS) is 23.4. The third-order valence-corrected chi connectivity index (χ3v) is 4.67. The average molecular weight is 370 g/mol. The van der Waals surface area contributed by atoms with Gasteiger partial charge in [0, 0.05) is 11.1 Å². The fourth-order valence-electron chi connectivity index (χ4n) is 3.23. The number of aliphatic hydroxyl groups excluding tert-OH is 1. The molecule has 1 aromatic rings. The van der Waals surface area contributed by atoms with Gasteiger partial charge in [-0.25, -0.2) is 0 Å². The number of ether oxygens (including phenoxy) is 1. The number of carbonyl (C=O) groups is 2. The van der Waals surface area contributed by atoms with Crippen molar-refractivity contribution in [3.8, 4) is 0 Å². The van der Waals surface area contributed by atoms with Gasteiger partial charge in [0.05, 0.1) is 25.2 Å². The van der Waals surface area contributed by atoms with Gasteiger partial charge in [0.2, 0.25) is 0 Å². The number of morpholine rings is 1. The van der Waals surface area contributed by atoms with E-state index in [-0.39, 0.29) is 31.0 Å².